The lowest BCUT2D eigenvalue weighted by molar-refractivity contribution is 0.0719. The van der Waals surface area contributed by atoms with E-state index in [1.165, 1.54) is 12.1 Å². The zero-order valence-corrected chi connectivity index (χ0v) is 10.5. The lowest BCUT2D eigenvalue weighted by Crippen LogP contribution is -2.17. The van der Waals surface area contributed by atoms with E-state index in [0.29, 0.717) is 5.56 Å². The van der Waals surface area contributed by atoms with Crippen LogP contribution in [0.5, 0.6) is 5.75 Å². The molecule has 2 aromatic carbocycles. The molecule has 0 fully saturated rings. The molecule has 2 nitrogen and oxygen atoms in total. The Labute approximate surface area is 115 Å². The SMILES string of the molecule is Cc1ccccc1OC(=O)c1c(F)c(F)c(F)c(F)c1F. The molecular formula is C14H7F5O2. The quantitative estimate of drug-likeness (QED) is 0.276. The molecule has 7 heteroatoms. The van der Waals surface area contributed by atoms with E-state index in [1.807, 2.05) is 0 Å². The standard InChI is InChI=1S/C14H7F5O2/c1-6-4-2-3-5-7(6)21-14(20)8-9(15)11(17)13(19)12(18)10(8)16/h2-5H,1H3. The van der Waals surface area contributed by atoms with Crippen molar-refractivity contribution in [2.45, 2.75) is 6.92 Å². The van der Waals surface area contributed by atoms with Crippen molar-refractivity contribution in [2.75, 3.05) is 0 Å². The van der Waals surface area contributed by atoms with Gasteiger partial charge in [-0.3, -0.25) is 0 Å². The number of esters is 1. The normalized spacial score (nSPS) is 10.6. The maximum Gasteiger partial charge on any atom is 0.349 e. The summed E-state index contributed by atoms with van der Waals surface area (Å²) in [6.07, 6.45) is 0. The first-order valence-corrected chi connectivity index (χ1v) is 5.63. The average molecular weight is 302 g/mol. The highest BCUT2D eigenvalue weighted by molar-refractivity contribution is 5.91. The molecular weight excluding hydrogens is 295 g/mol. The number of benzene rings is 2. The Bertz CT molecular complexity index is 699. The lowest BCUT2D eigenvalue weighted by Gasteiger charge is -2.09. The maximum absolute atomic E-state index is 13.4. The van der Waals surface area contributed by atoms with Crippen molar-refractivity contribution in [1.82, 2.24) is 0 Å². The molecule has 0 spiro atoms. The third-order valence-corrected chi connectivity index (χ3v) is 2.71. The van der Waals surface area contributed by atoms with Gasteiger partial charge in [-0.05, 0) is 18.6 Å². The van der Waals surface area contributed by atoms with Gasteiger partial charge in [-0.2, -0.15) is 0 Å². The fraction of sp³-hybridized carbons (Fsp3) is 0.0714. The topological polar surface area (TPSA) is 26.3 Å². The molecule has 0 aliphatic carbocycles. The first kappa shape index (κ1) is 15.0. The van der Waals surface area contributed by atoms with Gasteiger partial charge in [0.05, 0.1) is 0 Å². The van der Waals surface area contributed by atoms with E-state index < -0.39 is 40.6 Å². The molecule has 2 aromatic rings. The van der Waals surface area contributed by atoms with Crippen LogP contribution in [-0.2, 0) is 0 Å². The van der Waals surface area contributed by atoms with Crippen LogP contribution in [0.3, 0.4) is 0 Å². The number of para-hydroxylation sites is 1. The number of carbonyl (C=O) groups excluding carboxylic acids is 1. The molecule has 0 amide bonds. The Morgan fingerprint density at radius 1 is 0.857 bits per heavy atom. The molecule has 0 aliphatic rings. The zero-order valence-electron chi connectivity index (χ0n) is 10.5. The fourth-order valence-corrected chi connectivity index (χ4v) is 1.61. The van der Waals surface area contributed by atoms with Gasteiger partial charge in [0.15, 0.2) is 23.3 Å². The molecule has 0 heterocycles. The van der Waals surface area contributed by atoms with Gasteiger partial charge in [0.2, 0.25) is 5.82 Å². The van der Waals surface area contributed by atoms with E-state index in [9.17, 15) is 26.7 Å². The van der Waals surface area contributed by atoms with Crippen molar-refractivity contribution in [2.24, 2.45) is 0 Å². The van der Waals surface area contributed by atoms with Crippen molar-refractivity contribution in [3.63, 3.8) is 0 Å². The van der Waals surface area contributed by atoms with E-state index in [2.05, 4.69) is 4.74 Å². The number of hydrogen-bond acceptors (Lipinski definition) is 2. The average Bonchev–Trinajstić information content (AvgIpc) is 2.46. The number of aryl methyl sites for hydroxylation is 1. The Morgan fingerprint density at radius 3 is 1.86 bits per heavy atom. The van der Waals surface area contributed by atoms with E-state index in [-0.39, 0.29) is 5.75 Å². The summed E-state index contributed by atoms with van der Waals surface area (Å²) in [5, 5.41) is 0. The smallest absolute Gasteiger partial charge is 0.349 e. The van der Waals surface area contributed by atoms with Gasteiger partial charge in [-0.1, -0.05) is 18.2 Å². The van der Waals surface area contributed by atoms with Crippen LogP contribution in [-0.4, -0.2) is 5.97 Å². The number of halogens is 5. The summed E-state index contributed by atoms with van der Waals surface area (Å²) >= 11 is 0. The second-order valence-electron chi connectivity index (χ2n) is 4.10. The van der Waals surface area contributed by atoms with Crippen LogP contribution in [0.15, 0.2) is 24.3 Å². The van der Waals surface area contributed by atoms with Crippen LogP contribution >= 0.6 is 0 Å². The molecule has 2 rings (SSSR count). The monoisotopic (exact) mass is 302 g/mol. The molecule has 0 N–H and O–H groups in total. The third-order valence-electron chi connectivity index (χ3n) is 2.71. The molecule has 0 bridgehead atoms. The highest BCUT2D eigenvalue weighted by Gasteiger charge is 2.31. The van der Waals surface area contributed by atoms with Gasteiger partial charge in [0, 0.05) is 0 Å². The van der Waals surface area contributed by atoms with Crippen LogP contribution in [0, 0.1) is 36.0 Å². The molecule has 0 aromatic heterocycles. The number of ether oxygens (including phenoxy) is 1. The zero-order chi connectivity index (χ0) is 15.7. The van der Waals surface area contributed by atoms with Crippen LogP contribution in [0.1, 0.15) is 15.9 Å². The van der Waals surface area contributed by atoms with E-state index in [4.69, 9.17) is 0 Å². The van der Waals surface area contributed by atoms with Crippen molar-refractivity contribution in [3.8, 4) is 5.75 Å². The largest absolute Gasteiger partial charge is 0.422 e. The van der Waals surface area contributed by atoms with E-state index in [0.717, 1.165) is 0 Å². The number of rotatable bonds is 2. The second kappa shape index (κ2) is 5.51. The molecule has 0 saturated heterocycles. The van der Waals surface area contributed by atoms with Crippen LogP contribution in [0.2, 0.25) is 0 Å². The summed E-state index contributed by atoms with van der Waals surface area (Å²) in [5.74, 6) is -12.9. The predicted molar refractivity (Wildman–Crippen MR) is 62.4 cm³/mol. The van der Waals surface area contributed by atoms with Crippen LogP contribution in [0.4, 0.5) is 22.0 Å². The van der Waals surface area contributed by atoms with Crippen molar-refractivity contribution < 1.29 is 31.5 Å². The molecule has 0 aliphatic heterocycles. The third kappa shape index (κ3) is 2.58. The van der Waals surface area contributed by atoms with Crippen molar-refractivity contribution in [1.29, 1.82) is 0 Å². The van der Waals surface area contributed by atoms with Gasteiger partial charge in [0.25, 0.3) is 0 Å². The Balaban J connectivity index is 2.48. The highest BCUT2D eigenvalue weighted by Crippen LogP contribution is 2.25. The summed E-state index contributed by atoms with van der Waals surface area (Å²) in [5.41, 5.74) is -1.18. The number of hydrogen-bond donors (Lipinski definition) is 0. The van der Waals surface area contributed by atoms with Gasteiger partial charge >= 0.3 is 5.97 Å². The highest BCUT2D eigenvalue weighted by atomic mass is 19.2. The summed E-state index contributed by atoms with van der Waals surface area (Å²) in [6, 6.07) is 5.96. The molecule has 0 saturated carbocycles. The van der Waals surface area contributed by atoms with Crippen molar-refractivity contribution in [3.05, 3.63) is 64.5 Å². The van der Waals surface area contributed by atoms with Gasteiger partial charge in [-0.15, -0.1) is 0 Å². The van der Waals surface area contributed by atoms with E-state index >= 15 is 0 Å². The fourth-order valence-electron chi connectivity index (χ4n) is 1.61. The van der Waals surface area contributed by atoms with Crippen LogP contribution < -0.4 is 4.74 Å². The lowest BCUT2D eigenvalue weighted by atomic mass is 10.1. The minimum absolute atomic E-state index is 0.0496. The Hall–Kier alpha value is -2.44. The summed E-state index contributed by atoms with van der Waals surface area (Å²) in [7, 11) is 0. The van der Waals surface area contributed by atoms with Crippen LogP contribution in [0.25, 0.3) is 0 Å². The Morgan fingerprint density at radius 2 is 1.33 bits per heavy atom. The maximum atomic E-state index is 13.4. The summed E-state index contributed by atoms with van der Waals surface area (Å²) < 4.78 is 70.4. The van der Waals surface area contributed by atoms with E-state index in [1.54, 1.807) is 19.1 Å². The number of carbonyl (C=O) groups is 1. The molecule has 21 heavy (non-hydrogen) atoms. The second-order valence-corrected chi connectivity index (χ2v) is 4.10. The predicted octanol–water partition coefficient (Wildman–Crippen LogP) is 3.91. The summed E-state index contributed by atoms with van der Waals surface area (Å²) in [6.45, 7) is 1.54. The minimum Gasteiger partial charge on any atom is -0.422 e. The minimum atomic E-state index is -2.34. The first-order chi connectivity index (χ1) is 9.84. The van der Waals surface area contributed by atoms with Gasteiger partial charge in [-0.25, -0.2) is 26.7 Å². The first-order valence-electron chi connectivity index (χ1n) is 5.63. The molecule has 0 unspecified atom stereocenters. The summed E-state index contributed by atoms with van der Waals surface area (Å²) in [4.78, 5) is 11.7. The van der Waals surface area contributed by atoms with Gasteiger partial charge < -0.3 is 4.74 Å². The van der Waals surface area contributed by atoms with Gasteiger partial charge in [0.1, 0.15) is 11.3 Å². The Kier molecular flexibility index (Phi) is 3.93. The van der Waals surface area contributed by atoms with Crippen molar-refractivity contribution >= 4 is 5.97 Å². The molecule has 110 valence electrons. The molecule has 0 atom stereocenters. The molecule has 0 radical (unpaired) electrons.